The zero-order valence-corrected chi connectivity index (χ0v) is 12.2. The lowest BCUT2D eigenvalue weighted by Crippen LogP contribution is -2.24. The van der Waals surface area contributed by atoms with E-state index in [1.807, 2.05) is 0 Å². The molecule has 2 aromatic heterocycles. The maximum atomic E-state index is 11.6. The van der Waals surface area contributed by atoms with Crippen LogP contribution in [0.4, 0.5) is 0 Å². The van der Waals surface area contributed by atoms with E-state index in [9.17, 15) is 4.79 Å². The molecular weight excluding hydrogens is 268 g/mol. The Bertz CT molecular complexity index is 554. The largest absolute Gasteiger partial charge is 0.421 e. The van der Waals surface area contributed by atoms with Crippen molar-refractivity contribution in [1.82, 2.24) is 20.5 Å². The lowest BCUT2D eigenvalue weighted by atomic mass is 10.2. The van der Waals surface area contributed by atoms with Gasteiger partial charge in [0.1, 0.15) is 0 Å². The summed E-state index contributed by atoms with van der Waals surface area (Å²) in [5.74, 6) is 0.955. The van der Waals surface area contributed by atoms with Crippen molar-refractivity contribution in [3.8, 4) is 11.5 Å². The van der Waals surface area contributed by atoms with Crippen LogP contribution in [0.25, 0.3) is 11.5 Å². The standard InChI is InChI=1S/C15H20N4O2/c1-2-3-4-9-17-13(20)5-6-14-18-19-15(21-14)12-7-10-16-11-8-12/h7-8,10-11H,2-6,9H2,1H3,(H,17,20). The van der Waals surface area contributed by atoms with E-state index >= 15 is 0 Å². The smallest absolute Gasteiger partial charge is 0.247 e. The molecule has 0 unspecified atom stereocenters. The van der Waals surface area contributed by atoms with Crippen molar-refractivity contribution in [3.05, 3.63) is 30.4 Å². The zero-order valence-electron chi connectivity index (χ0n) is 12.2. The summed E-state index contributed by atoms with van der Waals surface area (Å²) in [7, 11) is 0. The maximum Gasteiger partial charge on any atom is 0.247 e. The van der Waals surface area contributed by atoms with Gasteiger partial charge in [-0.3, -0.25) is 9.78 Å². The Hall–Kier alpha value is -2.24. The molecule has 2 rings (SSSR count). The van der Waals surface area contributed by atoms with Gasteiger partial charge in [-0.15, -0.1) is 10.2 Å². The Labute approximate surface area is 124 Å². The first-order valence-corrected chi connectivity index (χ1v) is 7.29. The third kappa shape index (κ3) is 4.98. The second-order valence-corrected chi connectivity index (χ2v) is 4.79. The van der Waals surface area contributed by atoms with Crippen LogP contribution in [-0.4, -0.2) is 27.6 Å². The molecule has 0 aliphatic rings. The van der Waals surface area contributed by atoms with Crippen LogP contribution in [0.3, 0.4) is 0 Å². The van der Waals surface area contributed by atoms with Gasteiger partial charge in [0.15, 0.2) is 0 Å². The highest BCUT2D eigenvalue weighted by Crippen LogP contribution is 2.16. The number of amides is 1. The minimum atomic E-state index is 0.0229. The average molecular weight is 288 g/mol. The van der Waals surface area contributed by atoms with Crippen LogP contribution in [-0.2, 0) is 11.2 Å². The highest BCUT2D eigenvalue weighted by atomic mass is 16.4. The number of pyridine rings is 1. The molecule has 0 atom stereocenters. The normalized spacial score (nSPS) is 10.5. The molecule has 112 valence electrons. The van der Waals surface area contributed by atoms with Crippen molar-refractivity contribution < 1.29 is 9.21 Å². The fourth-order valence-electron chi connectivity index (χ4n) is 1.88. The van der Waals surface area contributed by atoms with E-state index in [0.29, 0.717) is 24.6 Å². The third-order valence-electron chi connectivity index (χ3n) is 3.06. The number of rotatable bonds is 8. The van der Waals surface area contributed by atoms with Gasteiger partial charge in [-0.25, -0.2) is 0 Å². The van der Waals surface area contributed by atoms with Gasteiger partial charge >= 0.3 is 0 Å². The highest BCUT2D eigenvalue weighted by Gasteiger charge is 2.10. The Morgan fingerprint density at radius 1 is 1.24 bits per heavy atom. The highest BCUT2D eigenvalue weighted by molar-refractivity contribution is 5.75. The van der Waals surface area contributed by atoms with Gasteiger partial charge in [0.05, 0.1) is 0 Å². The van der Waals surface area contributed by atoms with Gasteiger partial charge in [0.25, 0.3) is 0 Å². The Morgan fingerprint density at radius 2 is 2.05 bits per heavy atom. The third-order valence-corrected chi connectivity index (χ3v) is 3.06. The first-order chi connectivity index (χ1) is 10.3. The van der Waals surface area contributed by atoms with Gasteiger partial charge in [0, 0.05) is 37.3 Å². The number of aryl methyl sites for hydroxylation is 1. The van der Waals surface area contributed by atoms with Crippen molar-refractivity contribution in [2.45, 2.75) is 39.0 Å². The van der Waals surface area contributed by atoms with E-state index in [1.165, 1.54) is 0 Å². The second kappa shape index (κ2) is 8.14. The summed E-state index contributed by atoms with van der Waals surface area (Å²) in [6, 6.07) is 3.61. The molecule has 2 heterocycles. The number of hydrogen-bond donors (Lipinski definition) is 1. The Kier molecular flexibility index (Phi) is 5.87. The zero-order chi connectivity index (χ0) is 14.9. The monoisotopic (exact) mass is 288 g/mol. The molecule has 1 amide bonds. The molecule has 0 fully saturated rings. The number of hydrogen-bond acceptors (Lipinski definition) is 5. The van der Waals surface area contributed by atoms with Gasteiger partial charge < -0.3 is 9.73 Å². The van der Waals surface area contributed by atoms with Crippen LogP contribution in [0, 0.1) is 0 Å². The fourth-order valence-corrected chi connectivity index (χ4v) is 1.88. The molecule has 2 aromatic rings. The van der Waals surface area contributed by atoms with E-state index in [0.717, 1.165) is 31.4 Å². The van der Waals surface area contributed by atoms with Crippen molar-refractivity contribution in [2.24, 2.45) is 0 Å². The Morgan fingerprint density at radius 3 is 2.81 bits per heavy atom. The quantitative estimate of drug-likeness (QED) is 0.754. The fraction of sp³-hybridized carbons (Fsp3) is 0.467. The molecule has 0 bridgehead atoms. The molecule has 0 saturated heterocycles. The summed E-state index contributed by atoms with van der Waals surface area (Å²) in [4.78, 5) is 15.6. The number of unbranched alkanes of at least 4 members (excludes halogenated alkanes) is 2. The predicted octanol–water partition coefficient (Wildman–Crippen LogP) is 2.37. The SMILES string of the molecule is CCCCCNC(=O)CCc1nnc(-c2ccncc2)o1. The van der Waals surface area contributed by atoms with Crippen molar-refractivity contribution >= 4 is 5.91 Å². The van der Waals surface area contributed by atoms with E-state index < -0.39 is 0 Å². The average Bonchev–Trinajstić information content (AvgIpc) is 2.99. The summed E-state index contributed by atoms with van der Waals surface area (Å²) in [6.07, 6.45) is 7.47. The first kappa shape index (κ1) is 15.2. The number of carbonyl (C=O) groups is 1. The molecule has 0 radical (unpaired) electrons. The van der Waals surface area contributed by atoms with Gasteiger partial charge in [0.2, 0.25) is 17.7 Å². The second-order valence-electron chi connectivity index (χ2n) is 4.79. The minimum absolute atomic E-state index is 0.0229. The first-order valence-electron chi connectivity index (χ1n) is 7.29. The molecule has 21 heavy (non-hydrogen) atoms. The molecule has 0 aromatic carbocycles. The molecule has 6 heteroatoms. The van der Waals surface area contributed by atoms with E-state index in [-0.39, 0.29) is 5.91 Å². The summed E-state index contributed by atoms with van der Waals surface area (Å²) < 4.78 is 5.53. The minimum Gasteiger partial charge on any atom is -0.421 e. The van der Waals surface area contributed by atoms with Crippen molar-refractivity contribution in [1.29, 1.82) is 0 Å². The van der Waals surface area contributed by atoms with Crippen molar-refractivity contribution in [3.63, 3.8) is 0 Å². The van der Waals surface area contributed by atoms with Gasteiger partial charge in [-0.2, -0.15) is 0 Å². The summed E-state index contributed by atoms with van der Waals surface area (Å²) >= 11 is 0. The summed E-state index contributed by atoms with van der Waals surface area (Å²) in [5, 5.41) is 10.8. The predicted molar refractivity (Wildman–Crippen MR) is 78.4 cm³/mol. The van der Waals surface area contributed by atoms with E-state index in [4.69, 9.17) is 4.42 Å². The van der Waals surface area contributed by atoms with Gasteiger partial charge in [-0.05, 0) is 18.6 Å². The Balaban J connectivity index is 1.77. The number of nitrogens with one attached hydrogen (secondary N) is 1. The molecule has 0 saturated carbocycles. The van der Waals surface area contributed by atoms with Crippen LogP contribution in [0.2, 0.25) is 0 Å². The number of nitrogens with zero attached hydrogens (tertiary/aromatic N) is 3. The molecule has 6 nitrogen and oxygen atoms in total. The number of carbonyl (C=O) groups excluding carboxylic acids is 1. The van der Waals surface area contributed by atoms with Gasteiger partial charge in [-0.1, -0.05) is 19.8 Å². The summed E-state index contributed by atoms with van der Waals surface area (Å²) in [6.45, 7) is 2.87. The molecule has 0 spiro atoms. The topological polar surface area (TPSA) is 80.9 Å². The maximum absolute atomic E-state index is 11.6. The van der Waals surface area contributed by atoms with Crippen LogP contribution in [0.5, 0.6) is 0 Å². The van der Waals surface area contributed by atoms with Crippen LogP contribution in [0.1, 0.15) is 38.5 Å². The van der Waals surface area contributed by atoms with Crippen molar-refractivity contribution in [2.75, 3.05) is 6.54 Å². The molecule has 0 aliphatic carbocycles. The molecule has 1 N–H and O–H groups in total. The van der Waals surface area contributed by atoms with E-state index in [2.05, 4.69) is 27.4 Å². The van der Waals surface area contributed by atoms with Crippen LogP contribution >= 0.6 is 0 Å². The van der Waals surface area contributed by atoms with E-state index in [1.54, 1.807) is 24.5 Å². The summed E-state index contributed by atoms with van der Waals surface area (Å²) in [5.41, 5.74) is 0.827. The lowest BCUT2D eigenvalue weighted by molar-refractivity contribution is -0.121. The molecular formula is C15H20N4O2. The lowest BCUT2D eigenvalue weighted by Gasteiger charge is -2.02. The molecule has 0 aliphatic heterocycles. The number of aromatic nitrogens is 3. The van der Waals surface area contributed by atoms with Crippen LogP contribution in [0.15, 0.2) is 28.9 Å². The van der Waals surface area contributed by atoms with Crippen LogP contribution < -0.4 is 5.32 Å².